The van der Waals surface area contributed by atoms with Gasteiger partial charge in [0.1, 0.15) is 0 Å². The molecule has 1 aliphatic rings. The van der Waals surface area contributed by atoms with Crippen LogP contribution in [0, 0.1) is 0 Å². The van der Waals surface area contributed by atoms with Crippen LogP contribution in [0.4, 0.5) is 0 Å². The molecule has 16 heavy (non-hydrogen) atoms. The van der Waals surface area contributed by atoms with Gasteiger partial charge < -0.3 is 10.5 Å². The van der Waals surface area contributed by atoms with Crippen LogP contribution in [0.25, 0.3) is 0 Å². The van der Waals surface area contributed by atoms with Crippen LogP contribution in [0.1, 0.15) is 6.42 Å². The molecule has 86 valence electrons. The standard InChI is InChI=1S/C12H21BN2Si/c1-16(2,3)12-7-5-11(6-8-12)13-14-9-4-10-15-13/h5-8,14-15H,4,9-10H2,1-3H3. The van der Waals surface area contributed by atoms with Crippen molar-refractivity contribution in [3.8, 4) is 0 Å². The third-order valence-electron chi connectivity index (χ3n) is 3.16. The first kappa shape index (κ1) is 11.9. The van der Waals surface area contributed by atoms with Crippen molar-refractivity contribution < 1.29 is 0 Å². The molecule has 0 aromatic heterocycles. The normalized spacial score (nSPS) is 17.6. The minimum Gasteiger partial charge on any atom is -0.338 e. The lowest BCUT2D eigenvalue weighted by Crippen LogP contribution is -2.60. The summed E-state index contributed by atoms with van der Waals surface area (Å²) < 4.78 is 0. The fourth-order valence-corrected chi connectivity index (χ4v) is 3.23. The maximum Gasteiger partial charge on any atom is 0.340 e. The van der Waals surface area contributed by atoms with E-state index in [-0.39, 0.29) is 0 Å². The van der Waals surface area contributed by atoms with Gasteiger partial charge in [0.05, 0.1) is 8.07 Å². The summed E-state index contributed by atoms with van der Waals surface area (Å²) in [6.45, 7) is 9.75. The first-order chi connectivity index (χ1) is 7.57. The molecular formula is C12H21BN2Si. The monoisotopic (exact) mass is 232 g/mol. The van der Waals surface area contributed by atoms with Crippen LogP contribution in [0.2, 0.25) is 19.6 Å². The summed E-state index contributed by atoms with van der Waals surface area (Å²) in [6, 6.07) is 9.15. The first-order valence-electron chi connectivity index (χ1n) is 6.14. The minimum absolute atomic E-state index is 0.351. The molecule has 1 aromatic carbocycles. The predicted octanol–water partition coefficient (Wildman–Crippen LogP) is 0.510. The van der Waals surface area contributed by atoms with Gasteiger partial charge in [-0.3, -0.25) is 0 Å². The molecule has 0 spiro atoms. The zero-order valence-electron chi connectivity index (χ0n) is 10.5. The van der Waals surface area contributed by atoms with Crippen molar-refractivity contribution >= 4 is 25.7 Å². The third-order valence-corrected chi connectivity index (χ3v) is 5.23. The Kier molecular flexibility index (Phi) is 3.52. The number of rotatable bonds is 2. The molecule has 0 saturated carbocycles. The second-order valence-electron chi connectivity index (χ2n) is 5.57. The second kappa shape index (κ2) is 4.74. The molecule has 1 fully saturated rings. The van der Waals surface area contributed by atoms with Gasteiger partial charge in [0.25, 0.3) is 0 Å². The summed E-state index contributed by atoms with van der Waals surface area (Å²) in [5.41, 5.74) is 1.36. The SMILES string of the molecule is C[Si](C)(C)c1ccc(B2NCCCN2)cc1. The van der Waals surface area contributed by atoms with Crippen LogP contribution in [-0.4, -0.2) is 28.1 Å². The summed E-state index contributed by atoms with van der Waals surface area (Å²) in [5.74, 6) is 0. The zero-order valence-corrected chi connectivity index (χ0v) is 11.5. The van der Waals surface area contributed by atoms with Gasteiger partial charge in [-0.25, -0.2) is 0 Å². The van der Waals surface area contributed by atoms with E-state index < -0.39 is 8.07 Å². The van der Waals surface area contributed by atoms with Gasteiger partial charge in [-0.2, -0.15) is 0 Å². The van der Waals surface area contributed by atoms with Crippen LogP contribution >= 0.6 is 0 Å². The van der Waals surface area contributed by atoms with E-state index in [2.05, 4.69) is 54.4 Å². The van der Waals surface area contributed by atoms with Crippen molar-refractivity contribution in [3.05, 3.63) is 24.3 Å². The summed E-state index contributed by atoms with van der Waals surface area (Å²) in [4.78, 5) is 0. The summed E-state index contributed by atoms with van der Waals surface area (Å²) in [7, 11) is -1.15. The average molecular weight is 232 g/mol. The Labute approximate surface area is 100.0 Å². The number of benzene rings is 1. The van der Waals surface area contributed by atoms with Crippen molar-refractivity contribution in [3.63, 3.8) is 0 Å². The molecule has 0 radical (unpaired) electrons. The molecule has 2 N–H and O–H groups in total. The molecule has 0 atom stereocenters. The van der Waals surface area contributed by atoms with Gasteiger partial charge in [0, 0.05) is 0 Å². The molecule has 4 heteroatoms. The van der Waals surface area contributed by atoms with Crippen LogP contribution < -0.4 is 21.1 Å². The van der Waals surface area contributed by atoms with Crippen molar-refractivity contribution in [1.29, 1.82) is 0 Å². The highest BCUT2D eigenvalue weighted by Gasteiger charge is 2.21. The van der Waals surface area contributed by atoms with Crippen LogP contribution in [0.5, 0.6) is 0 Å². The summed E-state index contributed by atoms with van der Waals surface area (Å²) >= 11 is 0. The van der Waals surface area contributed by atoms with Gasteiger partial charge in [-0.15, -0.1) is 0 Å². The Hall–Kier alpha value is -0.578. The number of hydrogen-bond donors (Lipinski definition) is 2. The molecule has 2 rings (SSSR count). The van der Waals surface area contributed by atoms with E-state index in [1.165, 1.54) is 17.1 Å². The number of hydrogen-bond acceptors (Lipinski definition) is 2. The van der Waals surface area contributed by atoms with Gasteiger partial charge in [-0.1, -0.05) is 49.1 Å². The highest BCUT2D eigenvalue weighted by atomic mass is 28.3. The first-order valence-corrected chi connectivity index (χ1v) is 9.64. The van der Waals surface area contributed by atoms with E-state index in [1.54, 1.807) is 0 Å². The molecule has 2 nitrogen and oxygen atoms in total. The molecule has 0 amide bonds. The molecule has 1 saturated heterocycles. The lowest BCUT2D eigenvalue weighted by atomic mass is 9.67. The van der Waals surface area contributed by atoms with Gasteiger partial charge in [-0.05, 0) is 25.0 Å². The minimum atomic E-state index is -1.15. The Bertz CT molecular complexity index is 339. The van der Waals surface area contributed by atoms with E-state index >= 15 is 0 Å². The van der Waals surface area contributed by atoms with E-state index in [4.69, 9.17) is 0 Å². The smallest absolute Gasteiger partial charge is 0.338 e. The van der Waals surface area contributed by atoms with Gasteiger partial charge in [0.15, 0.2) is 0 Å². The third kappa shape index (κ3) is 2.75. The van der Waals surface area contributed by atoms with Crippen molar-refractivity contribution in [1.82, 2.24) is 10.5 Å². The Morgan fingerprint density at radius 3 is 2.06 bits per heavy atom. The average Bonchev–Trinajstić information content (AvgIpc) is 2.29. The summed E-state index contributed by atoms with van der Waals surface area (Å²) in [5, 5.41) is 8.52. The fraction of sp³-hybridized carbons (Fsp3) is 0.500. The van der Waals surface area contributed by atoms with E-state index in [0.717, 1.165) is 13.1 Å². The Morgan fingerprint density at radius 2 is 1.56 bits per heavy atom. The highest BCUT2D eigenvalue weighted by molar-refractivity contribution is 6.88. The molecule has 1 heterocycles. The van der Waals surface area contributed by atoms with Gasteiger partial charge >= 0.3 is 6.98 Å². The summed E-state index contributed by atoms with van der Waals surface area (Å²) in [6.07, 6.45) is 1.23. The van der Waals surface area contributed by atoms with Crippen molar-refractivity contribution in [2.24, 2.45) is 0 Å². The second-order valence-corrected chi connectivity index (χ2v) is 10.6. The maximum absolute atomic E-state index is 3.49. The largest absolute Gasteiger partial charge is 0.340 e. The van der Waals surface area contributed by atoms with E-state index in [9.17, 15) is 0 Å². The topological polar surface area (TPSA) is 24.1 Å². The van der Waals surface area contributed by atoms with Crippen molar-refractivity contribution in [2.75, 3.05) is 13.1 Å². The van der Waals surface area contributed by atoms with Crippen LogP contribution in [0.15, 0.2) is 24.3 Å². The lowest BCUT2D eigenvalue weighted by Gasteiger charge is -2.23. The van der Waals surface area contributed by atoms with E-state index in [1.807, 2.05) is 0 Å². The zero-order chi connectivity index (χ0) is 11.6. The van der Waals surface area contributed by atoms with Gasteiger partial charge in [0.2, 0.25) is 0 Å². The molecule has 0 unspecified atom stereocenters. The molecule has 1 aromatic rings. The quantitative estimate of drug-likeness (QED) is 0.726. The van der Waals surface area contributed by atoms with Crippen LogP contribution in [-0.2, 0) is 0 Å². The molecular weight excluding hydrogens is 211 g/mol. The molecule has 1 aliphatic heterocycles. The Balaban J connectivity index is 2.12. The Morgan fingerprint density at radius 1 is 1.00 bits per heavy atom. The maximum atomic E-state index is 3.49. The van der Waals surface area contributed by atoms with E-state index in [0.29, 0.717) is 6.98 Å². The number of nitrogens with one attached hydrogen (secondary N) is 2. The molecule has 0 aliphatic carbocycles. The fourth-order valence-electron chi connectivity index (χ4n) is 2.06. The molecule has 0 bridgehead atoms. The predicted molar refractivity (Wildman–Crippen MR) is 75.4 cm³/mol. The van der Waals surface area contributed by atoms with Crippen molar-refractivity contribution in [2.45, 2.75) is 26.1 Å². The lowest BCUT2D eigenvalue weighted by molar-refractivity contribution is 0.697. The highest BCUT2D eigenvalue weighted by Crippen LogP contribution is 2.00. The van der Waals surface area contributed by atoms with Crippen LogP contribution in [0.3, 0.4) is 0 Å².